The predicted molar refractivity (Wildman–Crippen MR) is 161 cm³/mol. The molecule has 38 heavy (non-hydrogen) atoms. The minimum absolute atomic E-state index is 0.0390. The zero-order valence-corrected chi connectivity index (χ0v) is 24.8. The van der Waals surface area contributed by atoms with E-state index < -0.39 is 5.97 Å². The van der Waals surface area contributed by atoms with Crippen LogP contribution in [0.3, 0.4) is 0 Å². The summed E-state index contributed by atoms with van der Waals surface area (Å²) in [6.07, 6.45) is 0.340. The van der Waals surface area contributed by atoms with E-state index in [0.29, 0.717) is 10.0 Å². The molecule has 4 rings (SSSR count). The molecule has 1 amide bonds. The SMILES string of the molecule is NC(=O)CC(c1ccc(Cl)cc1)c1ccc(Br)cc1.O=C(O)CC(c1ccc(Cl)cc1)c1ccc(Br)cc1. The number of halogens is 4. The molecule has 196 valence electrons. The number of amides is 1. The van der Waals surface area contributed by atoms with Gasteiger partial charge in [-0.25, -0.2) is 0 Å². The Hall–Kier alpha value is -2.64. The standard InChI is InChI=1S/C15H13BrClNO.C15H12BrClO2/c2*16-12-5-1-10(2-6-12)14(9-15(18)19)11-3-7-13(17)8-4-11/h1-8,14H,9H2,(H2,18,19);1-8,14H,9H2,(H,18,19). The number of carbonyl (C=O) groups excluding carboxylic acids is 1. The molecular formula is C30H25Br2Cl2NO3. The number of carbonyl (C=O) groups is 2. The molecule has 2 atom stereocenters. The van der Waals surface area contributed by atoms with E-state index in [1.807, 2.05) is 84.9 Å². The molecule has 0 saturated carbocycles. The molecule has 0 aliphatic rings. The molecule has 0 bridgehead atoms. The Labute approximate surface area is 249 Å². The van der Waals surface area contributed by atoms with Crippen LogP contribution in [0.5, 0.6) is 0 Å². The van der Waals surface area contributed by atoms with Crippen molar-refractivity contribution in [1.29, 1.82) is 0 Å². The molecule has 3 N–H and O–H groups in total. The Morgan fingerprint density at radius 2 is 0.895 bits per heavy atom. The summed E-state index contributed by atoms with van der Waals surface area (Å²) in [6, 6.07) is 30.4. The second-order valence-corrected chi connectivity index (χ2v) is 11.3. The molecule has 0 heterocycles. The summed E-state index contributed by atoms with van der Waals surface area (Å²) in [5, 5.41) is 10.4. The van der Waals surface area contributed by atoms with Gasteiger partial charge < -0.3 is 10.8 Å². The van der Waals surface area contributed by atoms with Crippen LogP contribution in [0.15, 0.2) is 106 Å². The van der Waals surface area contributed by atoms with Crippen molar-refractivity contribution >= 4 is 66.9 Å². The van der Waals surface area contributed by atoms with Gasteiger partial charge in [0, 0.05) is 37.2 Å². The van der Waals surface area contributed by atoms with E-state index >= 15 is 0 Å². The fourth-order valence-corrected chi connectivity index (χ4v) is 4.79. The van der Waals surface area contributed by atoms with Gasteiger partial charge >= 0.3 is 5.97 Å². The molecule has 0 spiro atoms. The van der Waals surface area contributed by atoms with Crippen molar-refractivity contribution in [2.24, 2.45) is 5.73 Å². The Morgan fingerprint density at radius 1 is 0.605 bits per heavy atom. The van der Waals surface area contributed by atoms with Crippen LogP contribution in [0, 0.1) is 0 Å². The van der Waals surface area contributed by atoms with Crippen molar-refractivity contribution in [3.8, 4) is 0 Å². The van der Waals surface area contributed by atoms with Gasteiger partial charge in [-0.1, -0.05) is 104 Å². The first kappa shape index (κ1) is 29.9. The number of primary amides is 1. The van der Waals surface area contributed by atoms with E-state index in [1.54, 1.807) is 12.1 Å². The summed E-state index contributed by atoms with van der Waals surface area (Å²) in [5.74, 6) is -1.34. The molecule has 8 heteroatoms. The molecule has 4 aromatic carbocycles. The van der Waals surface area contributed by atoms with Crippen molar-refractivity contribution in [2.75, 3.05) is 0 Å². The normalized spacial score (nSPS) is 12.1. The monoisotopic (exact) mass is 675 g/mol. The van der Waals surface area contributed by atoms with Crippen molar-refractivity contribution in [3.05, 3.63) is 138 Å². The van der Waals surface area contributed by atoms with Gasteiger partial charge in [0.05, 0.1) is 6.42 Å². The first-order chi connectivity index (χ1) is 18.1. The van der Waals surface area contributed by atoms with Crippen LogP contribution >= 0.6 is 55.1 Å². The second kappa shape index (κ2) is 14.5. The molecule has 0 fully saturated rings. The lowest BCUT2D eigenvalue weighted by molar-refractivity contribution is -0.137. The molecule has 0 aliphatic carbocycles. The average molecular weight is 678 g/mol. The van der Waals surface area contributed by atoms with Crippen molar-refractivity contribution in [3.63, 3.8) is 0 Å². The minimum Gasteiger partial charge on any atom is -0.481 e. The van der Waals surface area contributed by atoms with E-state index in [-0.39, 0.29) is 30.6 Å². The highest BCUT2D eigenvalue weighted by Gasteiger charge is 2.18. The predicted octanol–water partition coefficient (Wildman–Crippen LogP) is 8.82. The maximum atomic E-state index is 11.3. The molecule has 0 aliphatic heterocycles. The number of hydrogen-bond acceptors (Lipinski definition) is 2. The fraction of sp³-hybridized carbons (Fsp3) is 0.133. The van der Waals surface area contributed by atoms with E-state index in [4.69, 9.17) is 34.0 Å². The summed E-state index contributed by atoms with van der Waals surface area (Å²) in [7, 11) is 0. The maximum Gasteiger partial charge on any atom is 0.304 e. The van der Waals surface area contributed by atoms with Gasteiger partial charge in [0.15, 0.2) is 0 Å². The van der Waals surface area contributed by atoms with E-state index in [2.05, 4.69) is 31.9 Å². The molecular weight excluding hydrogens is 653 g/mol. The van der Waals surface area contributed by atoms with Crippen LogP contribution in [0.4, 0.5) is 0 Å². The third kappa shape index (κ3) is 9.28. The van der Waals surface area contributed by atoms with Crippen molar-refractivity contribution < 1.29 is 14.7 Å². The average Bonchev–Trinajstić information content (AvgIpc) is 2.88. The Bertz CT molecular complexity index is 1150. The lowest BCUT2D eigenvalue weighted by Crippen LogP contribution is -2.16. The third-order valence-corrected chi connectivity index (χ3v) is 7.43. The summed E-state index contributed by atoms with van der Waals surface area (Å²) in [6.45, 7) is 0. The zero-order valence-electron chi connectivity index (χ0n) is 20.2. The highest BCUT2D eigenvalue weighted by atomic mass is 79.9. The first-order valence-corrected chi connectivity index (χ1v) is 14.0. The molecule has 0 saturated heterocycles. The number of hydrogen-bond donors (Lipinski definition) is 2. The molecule has 0 aromatic heterocycles. The lowest BCUT2D eigenvalue weighted by Gasteiger charge is -2.16. The quantitative estimate of drug-likeness (QED) is 0.196. The Balaban J connectivity index is 0.000000211. The molecule has 2 unspecified atom stereocenters. The summed E-state index contributed by atoms with van der Waals surface area (Å²) >= 11 is 18.5. The highest BCUT2D eigenvalue weighted by Crippen LogP contribution is 2.31. The van der Waals surface area contributed by atoms with E-state index in [0.717, 1.165) is 31.2 Å². The van der Waals surface area contributed by atoms with Crippen LogP contribution in [0.25, 0.3) is 0 Å². The second-order valence-electron chi connectivity index (χ2n) is 8.58. The number of nitrogens with two attached hydrogens (primary N) is 1. The summed E-state index contributed by atoms with van der Waals surface area (Å²) in [5.41, 5.74) is 9.38. The number of aliphatic carboxylic acids is 1. The van der Waals surface area contributed by atoms with Crippen molar-refractivity contribution in [1.82, 2.24) is 0 Å². The minimum atomic E-state index is -0.817. The smallest absolute Gasteiger partial charge is 0.304 e. The first-order valence-electron chi connectivity index (χ1n) is 11.6. The third-order valence-electron chi connectivity index (χ3n) is 5.87. The maximum absolute atomic E-state index is 11.3. The Morgan fingerprint density at radius 3 is 1.18 bits per heavy atom. The van der Waals surface area contributed by atoms with Crippen molar-refractivity contribution in [2.45, 2.75) is 24.7 Å². The Kier molecular flexibility index (Phi) is 11.4. The largest absolute Gasteiger partial charge is 0.481 e. The molecule has 0 radical (unpaired) electrons. The lowest BCUT2D eigenvalue weighted by atomic mass is 9.88. The highest BCUT2D eigenvalue weighted by molar-refractivity contribution is 9.10. The van der Waals surface area contributed by atoms with Gasteiger partial charge in [-0.05, 0) is 70.8 Å². The van der Waals surface area contributed by atoms with Gasteiger partial charge in [0.25, 0.3) is 0 Å². The topological polar surface area (TPSA) is 80.4 Å². The van der Waals surface area contributed by atoms with E-state index in [9.17, 15) is 9.59 Å². The molecule has 4 aromatic rings. The van der Waals surface area contributed by atoms with Crippen LogP contribution in [-0.2, 0) is 9.59 Å². The summed E-state index contributed by atoms with van der Waals surface area (Å²) < 4.78 is 1.98. The van der Waals surface area contributed by atoms with Gasteiger partial charge in [-0.3, -0.25) is 9.59 Å². The number of benzene rings is 4. The molecule has 4 nitrogen and oxygen atoms in total. The fourth-order valence-electron chi connectivity index (χ4n) is 4.01. The number of carboxylic acids is 1. The van der Waals surface area contributed by atoms with Crippen LogP contribution in [-0.4, -0.2) is 17.0 Å². The van der Waals surface area contributed by atoms with Crippen LogP contribution in [0.2, 0.25) is 10.0 Å². The van der Waals surface area contributed by atoms with Gasteiger partial charge in [0.2, 0.25) is 5.91 Å². The van der Waals surface area contributed by atoms with E-state index in [1.165, 1.54) is 0 Å². The number of carboxylic acid groups (broad SMARTS) is 1. The number of rotatable bonds is 8. The van der Waals surface area contributed by atoms with Gasteiger partial charge in [-0.15, -0.1) is 0 Å². The van der Waals surface area contributed by atoms with Gasteiger partial charge in [-0.2, -0.15) is 0 Å². The zero-order chi connectivity index (χ0) is 27.7. The van der Waals surface area contributed by atoms with Crippen LogP contribution < -0.4 is 5.73 Å². The summed E-state index contributed by atoms with van der Waals surface area (Å²) in [4.78, 5) is 22.3. The van der Waals surface area contributed by atoms with Crippen LogP contribution in [0.1, 0.15) is 46.9 Å². The van der Waals surface area contributed by atoms with Gasteiger partial charge in [0.1, 0.15) is 0 Å².